The second-order valence-electron chi connectivity index (χ2n) is 7.39. The second kappa shape index (κ2) is 8.59. The number of hydrogen-bond donors (Lipinski definition) is 1. The van der Waals surface area contributed by atoms with Crippen LogP contribution in [0, 0.1) is 12.8 Å². The van der Waals surface area contributed by atoms with Crippen molar-refractivity contribution in [3.05, 3.63) is 70.5 Å². The van der Waals surface area contributed by atoms with E-state index in [1.54, 1.807) is 11.8 Å². The molecule has 0 aliphatic heterocycles. The summed E-state index contributed by atoms with van der Waals surface area (Å²) >= 11 is 7.91. The average molecular weight is 427 g/mol. The molecule has 29 heavy (non-hydrogen) atoms. The zero-order valence-electron chi connectivity index (χ0n) is 16.4. The third-order valence-electron chi connectivity index (χ3n) is 4.98. The van der Waals surface area contributed by atoms with Crippen molar-refractivity contribution in [3.63, 3.8) is 0 Å². The molecule has 1 saturated carbocycles. The average Bonchev–Trinajstić information content (AvgIpc) is 3.49. The predicted octanol–water partition coefficient (Wildman–Crippen LogP) is 5.11. The van der Waals surface area contributed by atoms with Crippen molar-refractivity contribution >= 4 is 29.3 Å². The summed E-state index contributed by atoms with van der Waals surface area (Å²) in [6.07, 6.45) is 1.94. The molecule has 1 aromatic heterocycles. The highest BCUT2D eigenvalue weighted by Gasteiger charge is 2.31. The van der Waals surface area contributed by atoms with Crippen LogP contribution in [0.3, 0.4) is 0 Å². The number of halogens is 1. The van der Waals surface area contributed by atoms with Crippen molar-refractivity contribution in [1.29, 1.82) is 0 Å². The fourth-order valence-electron chi connectivity index (χ4n) is 3.17. The van der Waals surface area contributed by atoms with E-state index in [-0.39, 0.29) is 17.9 Å². The Morgan fingerprint density at radius 1 is 1.24 bits per heavy atom. The standard InChI is InChI=1S/C22H23ClN4OS/c1-14-8-11-18(23)12-19(14)27-20(15(2)24-21(28)17-9-10-17)25-26-22(27)29-13-16-6-4-3-5-7-16/h3-8,11-12,15,17H,9-10,13H2,1-2H3,(H,24,28). The zero-order chi connectivity index (χ0) is 20.4. The summed E-state index contributed by atoms with van der Waals surface area (Å²) in [5, 5.41) is 13.4. The molecule has 1 atom stereocenters. The lowest BCUT2D eigenvalue weighted by molar-refractivity contribution is -0.123. The Balaban J connectivity index is 1.68. The maximum Gasteiger partial charge on any atom is 0.223 e. The van der Waals surface area contributed by atoms with Crippen LogP contribution in [-0.2, 0) is 10.5 Å². The maximum absolute atomic E-state index is 12.3. The van der Waals surface area contributed by atoms with Crippen molar-refractivity contribution in [1.82, 2.24) is 20.1 Å². The molecule has 5 nitrogen and oxygen atoms in total. The first-order valence-corrected chi connectivity index (χ1v) is 11.1. The van der Waals surface area contributed by atoms with Crippen LogP contribution < -0.4 is 5.32 Å². The predicted molar refractivity (Wildman–Crippen MR) is 116 cm³/mol. The van der Waals surface area contributed by atoms with E-state index in [4.69, 9.17) is 11.6 Å². The van der Waals surface area contributed by atoms with Gasteiger partial charge in [0.1, 0.15) is 0 Å². The van der Waals surface area contributed by atoms with E-state index in [2.05, 4.69) is 27.6 Å². The summed E-state index contributed by atoms with van der Waals surface area (Å²) in [4.78, 5) is 12.3. The Labute approximate surface area is 179 Å². The molecule has 1 N–H and O–H groups in total. The molecule has 1 aliphatic carbocycles. The van der Waals surface area contributed by atoms with Crippen LogP contribution in [0.25, 0.3) is 5.69 Å². The molecular weight excluding hydrogens is 404 g/mol. The normalized spacial score (nSPS) is 14.6. The Kier molecular flexibility index (Phi) is 5.92. The Bertz CT molecular complexity index is 1020. The highest BCUT2D eigenvalue weighted by molar-refractivity contribution is 7.98. The number of aryl methyl sites for hydroxylation is 1. The summed E-state index contributed by atoms with van der Waals surface area (Å²) in [6.45, 7) is 3.99. The summed E-state index contributed by atoms with van der Waals surface area (Å²) < 4.78 is 2.02. The monoisotopic (exact) mass is 426 g/mol. The van der Waals surface area contributed by atoms with E-state index in [0.29, 0.717) is 10.8 Å². The molecular formula is C22H23ClN4OS. The van der Waals surface area contributed by atoms with Gasteiger partial charge in [0.2, 0.25) is 5.91 Å². The fourth-order valence-corrected chi connectivity index (χ4v) is 4.24. The molecule has 150 valence electrons. The highest BCUT2D eigenvalue weighted by atomic mass is 35.5. The number of benzene rings is 2. The van der Waals surface area contributed by atoms with Crippen molar-refractivity contribution < 1.29 is 4.79 Å². The number of amides is 1. The van der Waals surface area contributed by atoms with Crippen LogP contribution in [0.5, 0.6) is 0 Å². The molecule has 0 bridgehead atoms. The van der Waals surface area contributed by atoms with Crippen LogP contribution in [0.1, 0.15) is 42.8 Å². The topological polar surface area (TPSA) is 59.8 Å². The minimum Gasteiger partial charge on any atom is -0.346 e. The van der Waals surface area contributed by atoms with Crippen molar-refractivity contribution in [2.24, 2.45) is 5.92 Å². The van der Waals surface area contributed by atoms with Crippen molar-refractivity contribution in [2.75, 3.05) is 0 Å². The van der Waals surface area contributed by atoms with Gasteiger partial charge in [-0.15, -0.1) is 10.2 Å². The lowest BCUT2D eigenvalue weighted by Crippen LogP contribution is -2.29. The molecule has 0 saturated heterocycles. The highest BCUT2D eigenvalue weighted by Crippen LogP contribution is 2.32. The molecule has 1 amide bonds. The first kappa shape index (κ1) is 20.0. The first-order valence-electron chi connectivity index (χ1n) is 9.72. The number of hydrogen-bond acceptors (Lipinski definition) is 4. The minimum absolute atomic E-state index is 0.0911. The molecule has 1 unspecified atom stereocenters. The molecule has 1 aliphatic rings. The van der Waals surface area contributed by atoms with E-state index >= 15 is 0 Å². The van der Waals surface area contributed by atoms with E-state index in [1.165, 1.54) is 5.56 Å². The molecule has 4 rings (SSSR count). The van der Waals surface area contributed by atoms with Crippen LogP contribution in [0.2, 0.25) is 5.02 Å². The van der Waals surface area contributed by atoms with Gasteiger partial charge < -0.3 is 5.32 Å². The van der Waals surface area contributed by atoms with Crippen LogP contribution >= 0.6 is 23.4 Å². The first-order chi connectivity index (χ1) is 14.0. The van der Waals surface area contributed by atoms with E-state index in [9.17, 15) is 4.79 Å². The maximum atomic E-state index is 12.3. The Morgan fingerprint density at radius 2 is 2.00 bits per heavy atom. The van der Waals surface area contributed by atoms with E-state index in [0.717, 1.165) is 35.0 Å². The van der Waals surface area contributed by atoms with Crippen molar-refractivity contribution in [2.45, 2.75) is 43.6 Å². The summed E-state index contributed by atoms with van der Waals surface area (Å²) in [6, 6.07) is 15.8. The number of carbonyl (C=O) groups excluding carboxylic acids is 1. The smallest absolute Gasteiger partial charge is 0.223 e. The van der Waals surface area contributed by atoms with Gasteiger partial charge in [-0.05, 0) is 49.9 Å². The van der Waals surface area contributed by atoms with Gasteiger partial charge in [-0.2, -0.15) is 0 Å². The van der Waals surface area contributed by atoms with Crippen LogP contribution in [0.4, 0.5) is 0 Å². The Morgan fingerprint density at radius 3 is 2.72 bits per heavy atom. The van der Waals surface area contributed by atoms with Gasteiger partial charge in [0.05, 0.1) is 11.7 Å². The summed E-state index contributed by atoms with van der Waals surface area (Å²) in [5.74, 6) is 1.73. The summed E-state index contributed by atoms with van der Waals surface area (Å²) in [5.41, 5.74) is 3.21. The van der Waals surface area contributed by atoms with E-state index in [1.807, 2.05) is 54.8 Å². The molecule has 0 radical (unpaired) electrons. The number of rotatable bonds is 7. The minimum atomic E-state index is -0.250. The lowest BCUT2D eigenvalue weighted by atomic mass is 10.2. The zero-order valence-corrected chi connectivity index (χ0v) is 18.0. The van der Waals surface area contributed by atoms with Crippen molar-refractivity contribution in [3.8, 4) is 5.69 Å². The van der Waals surface area contributed by atoms with Gasteiger partial charge in [0.25, 0.3) is 0 Å². The van der Waals surface area contributed by atoms with Gasteiger partial charge in [0, 0.05) is 16.7 Å². The SMILES string of the molecule is Cc1ccc(Cl)cc1-n1c(SCc2ccccc2)nnc1C(C)NC(=O)C1CC1. The van der Waals surface area contributed by atoms with E-state index < -0.39 is 0 Å². The lowest BCUT2D eigenvalue weighted by Gasteiger charge is -2.18. The van der Waals surface area contributed by atoms with Gasteiger partial charge in [-0.25, -0.2) is 0 Å². The quantitative estimate of drug-likeness (QED) is 0.533. The Hall–Kier alpha value is -2.31. The second-order valence-corrected chi connectivity index (χ2v) is 8.76. The van der Waals surface area contributed by atoms with Crippen LogP contribution in [0.15, 0.2) is 53.7 Å². The number of nitrogens with zero attached hydrogens (tertiary/aromatic N) is 3. The van der Waals surface area contributed by atoms with Gasteiger partial charge >= 0.3 is 0 Å². The van der Waals surface area contributed by atoms with Gasteiger partial charge in [0.15, 0.2) is 11.0 Å². The van der Waals surface area contributed by atoms with Crippen LogP contribution in [-0.4, -0.2) is 20.7 Å². The molecule has 0 spiro atoms. The molecule has 3 aromatic rings. The third kappa shape index (κ3) is 4.65. The summed E-state index contributed by atoms with van der Waals surface area (Å²) in [7, 11) is 0. The van der Waals surface area contributed by atoms with Gasteiger partial charge in [-0.3, -0.25) is 9.36 Å². The van der Waals surface area contributed by atoms with Gasteiger partial charge in [-0.1, -0.05) is 59.8 Å². The molecule has 1 fully saturated rings. The molecule has 1 heterocycles. The molecule has 2 aromatic carbocycles. The third-order valence-corrected chi connectivity index (χ3v) is 6.21. The number of nitrogens with one attached hydrogen (secondary N) is 1. The fraction of sp³-hybridized carbons (Fsp3) is 0.318. The molecule has 7 heteroatoms. The largest absolute Gasteiger partial charge is 0.346 e. The number of thioether (sulfide) groups is 1. The number of carbonyl (C=O) groups is 1. The number of aromatic nitrogens is 3.